The van der Waals surface area contributed by atoms with E-state index in [1.54, 1.807) is 92.7 Å². The number of amides is 1. The molecule has 8 aliphatic rings. The number of carbonyl (C=O) groups is 9. The zero-order valence-electron chi connectivity index (χ0n) is 60.5. The topological polar surface area (TPSA) is 280 Å². The maximum atomic E-state index is 16.6. The van der Waals surface area contributed by atoms with Crippen LogP contribution < -0.4 is 5.32 Å². The van der Waals surface area contributed by atoms with Gasteiger partial charge in [-0.1, -0.05) is 153 Å². The van der Waals surface area contributed by atoms with Gasteiger partial charge in [-0.3, -0.25) is 33.6 Å². The van der Waals surface area contributed by atoms with Gasteiger partial charge in [0.15, 0.2) is 23.6 Å². The van der Waals surface area contributed by atoms with Crippen LogP contribution in [-0.4, -0.2) is 125 Å². The fourth-order valence-electron chi connectivity index (χ4n) is 20.3. The molecule has 20 heteroatoms. The van der Waals surface area contributed by atoms with Crippen LogP contribution in [0.15, 0.2) is 114 Å². The lowest BCUT2D eigenvalue weighted by Crippen LogP contribution is -2.81. The van der Waals surface area contributed by atoms with Crippen LogP contribution in [0.5, 0.6) is 0 Å². The standard InChI is InChI=1S/C81H103NO19/c1-46(2)22-21-23-47(3)58-32-33-59-57-31-30-54-40-56(36-38-77(54,9)60(57)37-39-78(58,59)10)98-64(86)35-34-63(85)95-45-96-65(87)42-55-41-62-80(44-94-62,101-50(6)84)70-72(100-74(91)53-28-19-14-20-29-53)81(93)43-61(48(4)66(76(81,7)8)69(97-49(5)83)71(89)79(55,70)11)99-75(92)68(88)67(51-24-15-12-16-25-51)82-73(90)52-26-17-13-18-27-52/h12-20,24-30,46-47,55-62,67-70,72,88,93H,21-23,31-45H2,1-11H3,(H,82,90)/t47-,55-,56+,57+,58-,59+,60+,61+,62-,67+,68-,69-,70+,72+,77+,78-,79-,80+,81-/m1/s1. The number of hydrogen-bond donors (Lipinski definition) is 3. The molecular formula is C81H103NO19. The first-order valence-corrected chi connectivity index (χ1v) is 36.6. The van der Waals surface area contributed by atoms with E-state index in [0.29, 0.717) is 29.2 Å². The molecule has 0 radical (unpaired) electrons. The van der Waals surface area contributed by atoms with Crippen molar-refractivity contribution in [1.29, 1.82) is 0 Å². The summed E-state index contributed by atoms with van der Waals surface area (Å²) < 4.78 is 48.5. The second kappa shape index (κ2) is 29.7. The van der Waals surface area contributed by atoms with Gasteiger partial charge in [-0.15, -0.1) is 0 Å². The maximum Gasteiger partial charge on any atom is 0.338 e. The number of Topliss-reactive ketones (excluding diaryl/α,β-unsaturated/α-hetero) is 1. The normalized spacial score (nSPS) is 33.7. The fraction of sp³-hybridized carbons (Fsp3) is 0.617. The van der Waals surface area contributed by atoms with Crippen molar-refractivity contribution in [3.8, 4) is 0 Å². The van der Waals surface area contributed by atoms with Gasteiger partial charge >= 0.3 is 41.8 Å². The fourth-order valence-corrected chi connectivity index (χ4v) is 20.3. The van der Waals surface area contributed by atoms with Crippen LogP contribution in [-0.2, 0) is 71.5 Å². The van der Waals surface area contributed by atoms with Crippen molar-refractivity contribution in [2.24, 2.45) is 69.0 Å². The van der Waals surface area contributed by atoms with Crippen molar-refractivity contribution >= 4 is 53.5 Å². The van der Waals surface area contributed by atoms with E-state index in [4.69, 9.17) is 37.9 Å². The number of benzene rings is 3. The SMILES string of the molecule is CC(=O)O[C@H]1C(=O)[C@]2(C)[C@@H](CC(=O)OCOC(=O)CCC(=O)O[C@H]3CC[C@@]4(C)C(=CC[C@H]5[C@@H]6CC[C@H]([C@H](C)CCCC(C)C)[C@@]6(C)CC[C@@H]54)C3)C[C@H]3OC[C@@]3(OC(C)=O)[C@H]2[C@H](OC(=O)c2ccccc2)[C@]2(O)C[C@H](OC(=O)[C@H](O)[C@@H](NC(=O)c3ccccc3)c3ccccc3)C(C)=C1C2(C)C. The Labute approximate surface area is 593 Å². The van der Waals surface area contributed by atoms with Crippen LogP contribution >= 0.6 is 0 Å². The first-order valence-electron chi connectivity index (χ1n) is 36.6. The van der Waals surface area contributed by atoms with Crippen LogP contribution in [0.3, 0.4) is 0 Å². The molecule has 0 spiro atoms. The molecule has 1 saturated heterocycles. The summed E-state index contributed by atoms with van der Waals surface area (Å²) in [5, 5.41) is 29.1. The van der Waals surface area contributed by atoms with E-state index in [1.165, 1.54) is 76.5 Å². The Kier molecular flexibility index (Phi) is 21.9. The second-order valence-electron chi connectivity index (χ2n) is 32.0. The average molecular weight is 1390 g/mol. The number of allylic oxidation sites excluding steroid dienone is 1. The minimum absolute atomic E-state index is 0.0120. The number of rotatable bonds is 23. The summed E-state index contributed by atoms with van der Waals surface area (Å²) in [4.78, 5) is 128. The largest absolute Gasteiger partial charge is 0.462 e. The van der Waals surface area contributed by atoms with Gasteiger partial charge in [-0.25, -0.2) is 9.59 Å². The van der Waals surface area contributed by atoms with Crippen LogP contribution in [0.4, 0.5) is 0 Å². The highest BCUT2D eigenvalue weighted by Crippen LogP contribution is 2.69. The molecule has 0 aromatic heterocycles. The highest BCUT2D eigenvalue weighted by molar-refractivity contribution is 5.96. The molecule has 1 amide bonds. The lowest BCUT2D eigenvalue weighted by Gasteiger charge is -2.68. The van der Waals surface area contributed by atoms with Crippen molar-refractivity contribution < 1.29 is 91.3 Å². The van der Waals surface area contributed by atoms with E-state index < -0.39 is 150 Å². The van der Waals surface area contributed by atoms with Crippen LogP contribution in [0.1, 0.15) is 211 Å². The summed E-state index contributed by atoms with van der Waals surface area (Å²) in [5.41, 5.74) is -5.92. The van der Waals surface area contributed by atoms with E-state index in [-0.39, 0.29) is 53.1 Å². The van der Waals surface area contributed by atoms with Crippen LogP contribution in [0.2, 0.25) is 0 Å². The smallest absolute Gasteiger partial charge is 0.338 e. The van der Waals surface area contributed by atoms with Gasteiger partial charge in [0, 0.05) is 49.5 Å². The molecular weight excluding hydrogens is 1290 g/mol. The van der Waals surface area contributed by atoms with E-state index in [0.717, 1.165) is 56.8 Å². The molecule has 0 unspecified atom stereocenters. The number of ketones is 1. The Morgan fingerprint density at radius 2 is 1.38 bits per heavy atom. The average Bonchev–Trinajstić information content (AvgIpc) is 1.09. The minimum atomic E-state index is -2.53. The summed E-state index contributed by atoms with van der Waals surface area (Å²) in [6.07, 6.45) is 3.74. The summed E-state index contributed by atoms with van der Waals surface area (Å²) >= 11 is 0. The molecule has 3 aromatic rings. The van der Waals surface area contributed by atoms with Crippen molar-refractivity contribution in [1.82, 2.24) is 5.32 Å². The van der Waals surface area contributed by atoms with Gasteiger partial charge < -0.3 is 53.4 Å². The lowest BCUT2D eigenvalue weighted by molar-refractivity contribution is -0.341. The minimum Gasteiger partial charge on any atom is -0.462 e. The van der Waals surface area contributed by atoms with Gasteiger partial charge in [0.25, 0.3) is 5.91 Å². The molecule has 3 N–H and O–H groups in total. The first kappa shape index (κ1) is 74.6. The van der Waals surface area contributed by atoms with Crippen molar-refractivity contribution in [3.63, 3.8) is 0 Å². The Hall–Kier alpha value is -7.55. The molecule has 11 rings (SSSR count). The van der Waals surface area contributed by atoms with Gasteiger partial charge in [0.2, 0.25) is 6.79 Å². The first-order chi connectivity index (χ1) is 47.9. The molecule has 1 heterocycles. The molecule has 6 fully saturated rings. The number of aliphatic hydroxyl groups is 2. The second-order valence-corrected chi connectivity index (χ2v) is 32.0. The van der Waals surface area contributed by atoms with Gasteiger partial charge in [-0.05, 0) is 152 Å². The summed E-state index contributed by atoms with van der Waals surface area (Å²) in [6, 6.07) is 22.7. The van der Waals surface area contributed by atoms with E-state index in [1.807, 2.05) is 0 Å². The zero-order valence-corrected chi connectivity index (χ0v) is 60.5. The highest BCUT2D eigenvalue weighted by Gasteiger charge is 2.78. The third-order valence-corrected chi connectivity index (χ3v) is 25.6. The summed E-state index contributed by atoms with van der Waals surface area (Å²) in [6.45, 7) is 19.2. The Morgan fingerprint density at radius 1 is 0.723 bits per heavy atom. The molecule has 19 atom stereocenters. The Bertz CT molecular complexity index is 3680. The molecule has 1 aliphatic heterocycles. The third kappa shape index (κ3) is 14.2. The molecule has 101 heavy (non-hydrogen) atoms. The number of aliphatic hydroxyl groups excluding tert-OH is 1. The molecule has 3 aromatic carbocycles. The lowest BCUT2D eigenvalue weighted by atomic mass is 9.42. The van der Waals surface area contributed by atoms with E-state index >= 15 is 4.79 Å². The van der Waals surface area contributed by atoms with Crippen molar-refractivity contribution in [2.75, 3.05) is 13.4 Å². The van der Waals surface area contributed by atoms with Gasteiger partial charge in [0.1, 0.15) is 30.0 Å². The summed E-state index contributed by atoms with van der Waals surface area (Å²) in [5.74, 6) is -6.60. The number of esters is 7. The van der Waals surface area contributed by atoms with E-state index in [2.05, 4.69) is 46.0 Å². The predicted molar refractivity (Wildman–Crippen MR) is 369 cm³/mol. The molecule has 2 bridgehead atoms. The monoisotopic (exact) mass is 1390 g/mol. The number of nitrogens with one attached hydrogen (secondary N) is 1. The molecule has 5 saturated carbocycles. The quantitative estimate of drug-likeness (QED) is 0.0344. The summed E-state index contributed by atoms with van der Waals surface area (Å²) in [7, 11) is 0. The van der Waals surface area contributed by atoms with Crippen molar-refractivity contribution in [3.05, 3.63) is 130 Å². The third-order valence-electron chi connectivity index (χ3n) is 25.6. The molecule has 7 aliphatic carbocycles. The molecule has 20 nitrogen and oxygen atoms in total. The highest BCUT2D eigenvalue weighted by atomic mass is 16.7. The maximum absolute atomic E-state index is 16.6. The van der Waals surface area contributed by atoms with Crippen molar-refractivity contribution in [2.45, 2.75) is 233 Å². The van der Waals surface area contributed by atoms with Gasteiger partial charge in [0.05, 0.1) is 37.0 Å². The number of ether oxygens (including phenoxy) is 8. The zero-order chi connectivity index (χ0) is 72.7. The number of hydrogen-bond acceptors (Lipinski definition) is 19. The number of fused-ring (bicyclic) bond motifs is 10. The Morgan fingerprint density at radius 3 is 2.02 bits per heavy atom. The van der Waals surface area contributed by atoms with Gasteiger partial charge in [-0.2, -0.15) is 0 Å². The van der Waals surface area contributed by atoms with Crippen LogP contribution in [0.25, 0.3) is 0 Å². The van der Waals surface area contributed by atoms with E-state index in [9.17, 15) is 48.6 Å². The molecule has 546 valence electrons. The Balaban J connectivity index is 0.804. The number of carbonyl (C=O) groups excluding carboxylic acids is 9. The van der Waals surface area contributed by atoms with Crippen LogP contribution in [0, 0.1) is 69.0 Å². The predicted octanol–water partition coefficient (Wildman–Crippen LogP) is 12.2.